The molecular formula is C15H18N4O2. The van der Waals surface area contributed by atoms with Crippen molar-refractivity contribution < 1.29 is 9.21 Å². The normalized spacial score (nSPS) is 25.0. The Morgan fingerprint density at radius 3 is 2.76 bits per heavy atom. The Kier molecular flexibility index (Phi) is 3.47. The molecule has 1 aromatic carbocycles. The van der Waals surface area contributed by atoms with E-state index in [9.17, 15) is 4.79 Å². The van der Waals surface area contributed by atoms with Crippen molar-refractivity contribution >= 4 is 11.6 Å². The highest BCUT2D eigenvalue weighted by molar-refractivity contribution is 5.96. The first-order valence-electron chi connectivity index (χ1n) is 7.03. The fourth-order valence-corrected chi connectivity index (χ4v) is 2.74. The van der Waals surface area contributed by atoms with Gasteiger partial charge in [0.15, 0.2) is 0 Å². The van der Waals surface area contributed by atoms with Gasteiger partial charge in [-0.05, 0) is 44.0 Å². The van der Waals surface area contributed by atoms with Crippen LogP contribution in [0.15, 0.2) is 35.1 Å². The number of anilines is 1. The standard InChI is InChI=1S/C15H18N4O2/c1-15(8-2-3-12(15)16)14(20)18-11-6-4-10(5-7-11)13-19-17-9-21-13/h4-7,9,12H,2-3,8,16H2,1H3,(H,18,20). The van der Waals surface area contributed by atoms with Crippen molar-refractivity contribution in [2.24, 2.45) is 11.1 Å². The minimum atomic E-state index is -0.481. The quantitative estimate of drug-likeness (QED) is 0.902. The Morgan fingerprint density at radius 2 is 2.19 bits per heavy atom. The number of benzene rings is 1. The van der Waals surface area contributed by atoms with E-state index in [2.05, 4.69) is 15.5 Å². The lowest BCUT2D eigenvalue weighted by molar-refractivity contribution is -0.125. The summed E-state index contributed by atoms with van der Waals surface area (Å²) in [6.45, 7) is 1.94. The van der Waals surface area contributed by atoms with Crippen molar-refractivity contribution in [2.45, 2.75) is 32.2 Å². The average molecular weight is 286 g/mol. The SMILES string of the molecule is CC1(C(=O)Nc2ccc(-c3nnco3)cc2)CCCC1N. The number of carbonyl (C=O) groups excluding carboxylic acids is 1. The van der Waals surface area contributed by atoms with Gasteiger partial charge in [-0.3, -0.25) is 4.79 Å². The molecule has 1 heterocycles. The highest BCUT2D eigenvalue weighted by Crippen LogP contribution is 2.37. The first-order chi connectivity index (χ1) is 10.1. The summed E-state index contributed by atoms with van der Waals surface area (Å²) in [5.41, 5.74) is 7.14. The van der Waals surface area contributed by atoms with E-state index in [0.29, 0.717) is 5.89 Å². The van der Waals surface area contributed by atoms with Crippen LogP contribution in [0.5, 0.6) is 0 Å². The van der Waals surface area contributed by atoms with Gasteiger partial charge >= 0.3 is 0 Å². The number of aromatic nitrogens is 2. The summed E-state index contributed by atoms with van der Waals surface area (Å²) >= 11 is 0. The molecular weight excluding hydrogens is 268 g/mol. The third-order valence-electron chi connectivity index (χ3n) is 4.30. The molecule has 0 bridgehead atoms. The van der Waals surface area contributed by atoms with Crippen LogP contribution >= 0.6 is 0 Å². The van der Waals surface area contributed by atoms with Crippen LogP contribution in [-0.2, 0) is 4.79 Å². The van der Waals surface area contributed by atoms with Gasteiger partial charge < -0.3 is 15.5 Å². The number of rotatable bonds is 3. The monoisotopic (exact) mass is 286 g/mol. The highest BCUT2D eigenvalue weighted by Gasteiger charge is 2.42. The number of hydrogen-bond donors (Lipinski definition) is 2. The molecule has 6 nitrogen and oxygen atoms in total. The number of hydrogen-bond acceptors (Lipinski definition) is 5. The Bertz CT molecular complexity index is 624. The fraction of sp³-hybridized carbons (Fsp3) is 0.400. The zero-order valence-electron chi connectivity index (χ0n) is 11.9. The molecule has 1 aliphatic rings. The first-order valence-corrected chi connectivity index (χ1v) is 7.03. The van der Waals surface area contributed by atoms with Gasteiger partial charge in [0, 0.05) is 17.3 Å². The van der Waals surface area contributed by atoms with Crippen molar-refractivity contribution in [3.63, 3.8) is 0 Å². The lowest BCUT2D eigenvalue weighted by Crippen LogP contribution is -2.44. The third-order valence-corrected chi connectivity index (χ3v) is 4.30. The Morgan fingerprint density at radius 1 is 1.43 bits per heavy atom. The number of carbonyl (C=O) groups is 1. The Labute approximate surface area is 122 Å². The predicted molar refractivity (Wildman–Crippen MR) is 78.3 cm³/mol. The second-order valence-corrected chi connectivity index (χ2v) is 5.69. The van der Waals surface area contributed by atoms with Crippen LogP contribution in [0.4, 0.5) is 5.69 Å². The minimum absolute atomic E-state index is 0.0157. The largest absolute Gasteiger partial charge is 0.423 e. The maximum atomic E-state index is 12.4. The van der Waals surface area contributed by atoms with Crippen LogP contribution < -0.4 is 11.1 Å². The van der Waals surface area contributed by atoms with E-state index in [-0.39, 0.29) is 11.9 Å². The predicted octanol–water partition coefficient (Wildman–Crippen LogP) is 2.19. The van der Waals surface area contributed by atoms with Gasteiger partial charge in [-0.1, -0.05) is 6.42 Å². The van der Waals surface area contributed by atoms with Crippen molar-refractivity contribution in [1.29, 1.82) is 0 Å². The zero-order chi connectivity index (χ0) is 14.9. The van der Waals surface area contributed by atoms with Crippen molar-refractivity contribution in [3.05, 3.63) is 30.7 Å². The maximum Gasteiger partial charge on any atom is 0.247 e. The van der Waals surface area contributed by atoms with Gasteiger partial charge in [-0.15, -0.1) is 10.2 Å². The molecule has 1 saturated carbocycles. The van der Waals surface area contributed by atoms with Gasteiger partial charge in [-0.25, -0.2) is 0 Å². The van der Waals surface area contributed by atoms with Gasteiger partial charge in [0.1, 0.15) is 0 Å². The topological polar surface area (TPSA) is 94.0 Å². The van der Waals surface area contributed by atoms with Crippen LogP contribution in [0, 0.1) is 5.41 Å². The second kappa shape index (κ2) is 5.29. The molecule has 1 fully saturated rings. The summed E-state index contributed by atoms with van der Waals surface area (Å²) in [6, 6.07) is 7.23. The molecule has 21 heavy (non-hydrogen) atoms. The van der Waals surface area contributed by atoms with Crippen LogP contribution in [0.3, 0.4) is 0 Å². The van der Waals surface area contributed by atoms with Crippen LogP contribution in [0.2, 0.25) is 0 Å². The maximum absolute atomic E-state index is 12.4. The molecule has 3 N–H and O–H groups in total. The van der Waals surface area contributed by atoms with Crippen molar-refractivity contribution in [1.82, 2.24) is 10.2 Å². The average Bonchev–Trinajstić information content (AvgIpc) is 3.12. The second-order valence-electron chi connectivity index (χ2n) is 5.69. The summed E-state index contributed by atoms with van der Waals surface area (Å²) in [5, 5.41) is 10.4. The van der Waals surface area contributed by atoms with E-state index in [4.69, 9.17) is 10.2 Å². The van der Waals surface area contributed by atoms with E-state index in [0.717, 1.165) is 30.5 Å². The molecule has 0 spiro atoms. The molecule has 0 radical (unpaired) electrons. The molecule has 6 heteroatoms. The van der Waals surface area contributed by atoms with E-state index >= 15 is 0 Å². The lowest BCUT2D eigenvalue weighted by Gasteiger charge is -2.27. The summed E-state index contributed by atoms with van der Waals surface area (Å²) in [7, 11) is 0. The molecule has 1 aliphatic carbocycles. The fourth-order valence-electron chi connectivity index (χ4n) is 2.74. The zero-order valence-corrected chi connectivity index (χ0v) is 11.9. The molecule has 2 unspecified atom stereocenters. The Balaban J connectivity index is 1.72. The first kappa shape index (κ1) is 13.8. The molecule has 0 aliphatic heterocycles. The summed E-state index contributed by atoms with van der Waals surface area (Å²) < 4.78 is 5.13. The molecule has 2 atom stereocenters. The van der Waals surface area contributed by atoms with E-state index in [1.807, 2.05) is 31.2 Å². The van der Waals surface area contributed by atoms with Gasteiger partial charge in [0.2, 0.25) is 18.2 Å². The third kappa shape index (κ3) is 2.54. The Hall–Kier alpha value is -2.21. The van der Waals surface area contributed by atoms with E-state index in [1.54, 1.807) is 0 Å². The number of amides is 1. The van der Waals surface area contributed by atoms with Crippen LogP contribution in [0.1, 0.15) is 26.2 Å². The summed E-state index contributed by atoms with van der Waals surface area (Å²) in [5.74, 6) is 0.440. The molecule has 110 valence electrons. The smallest absolute Gasteiger partial charge is 0.247 e. The molecule has 3 rings (SSSR count). The van der Waals surface area contributed by atoms with E-state index in [1.165, 1.54) is 6.39 Å². The van der Waals surface area contributed by atoms with Gasteiger partial charge in [0.05, 0.1) is 5.41 Å². The molecule has 1 aromatic heterocycles. The number of nitrogens with two attached hydrogens (primary N) is 1. The lowest BCUT2D eigenvalue weighted by atomic mass is 9.84. The van der Waals surface area contributed by atoms with E-state index < -0.39 is 5.41 Å². The van der Waals surface area contributed by atoms with Gasteiger partial charge in [0.25, 0.3) is 0 Å². The van der Waals surface area contributed by atoms with Gasteiger partial charge in [-0.2, -0.15) is 0 Å². The molecule has 1 amide bonds. The van der Waals surface area contributed by atoms with Crippen LogP contribution in [-0.4, -0.2) is 22.1 Å². The molecule has 2 aromatic rings. The number of nitrogens with one attached hydrogen (secondary N) is 1. The minimum Gasteiger partial charge on any atom is -0.423 e. The summed E-state index contributed by atoms with van der Waals surface area (Å²) in [4.78, 5) is 12.4. The highest BCUT2D eigenvalue weighted by atomic mass is 16.4. The van der Waals surface area contributed by atoms with Crippen molar-refractivity contribution in [3.8, 4) is 11.5 Å². The molecule has 0 saturated heterocycles. The summed E-state index contributed by atoms with van der Waals surface area (Å²) in [6.07, 6.45) is 4.02. The number of nitrogens with zero attached hydrogens (tertiary/aromatic N) is 2. The van der Waals surface area contributed by atoms with Crippen LogP contribution in [0.25, 0.3) is 11.5 Å². The van der Waals surface area contributed by atoms with Crippen molar-refractivity contribution in [2.75, 3.05) is 5.32 Å².